The maximum atomic E-state index is 13.0. The van der Waals surface area contributed by atoms with Crippen molar-refractivity contribution in [2.45, 2.75) is 6.42 Å². The van der Waals surface area contributed by atoms with Gasteiger partial charge in [-0.2, -0.15) is 11.8 Å². The lowest BCUT2D eigenvalue weighted by molar-refractivity contribution is -0.119. The summed E-state index contributed by atoms with van der Waals surface area (Å²) in [5.41, 5.74) is 0.885. The predicted octanol–water partition coefficient (Wildman–Crippen LogP) is 3.06. The van der Waals surface area contributed by atoms with E-state index < -0.39 is 0 Å². The van der Waals surface area contributed by atoms with Crippen molar-refractivity contribution in [2.24, 2.45) is 5.92 Å². The summed E-state index contributed by atoms with van der Waals surface area (Å²) < 4.78 is 13.9. The van der Waals surface area contributed by atoms with Crippen LogP contribution in [0, 0.1) is 11.7 Å². The lowest BCUT2D eigenvalue weighted by Gasteiger charge is -2.08. The molecule has 1 heterocycles. The molecule has 1 fully saturated rings. The zero-order chi connectivity index (χ0) is 10.8. The van der Waals surface area contributed by atoms with Crippen molar-refractivity contribution in [1.29, 1.82) is 0 Å². The number of halogens is 2. The highest BCUT2D eigenvalue weighted by Gasteiger charge is 2.25. The van der Waals surface area contributed by atoms with Crippen LogP contribution in [-0.2, 0) is 11.2 Å². The number of benzene rings is 1. The van der Waals surface area contributed by atoms with Crippen molar-refractivity contribution >= 4 is 33.5 Å². The van der Waals surface area contributed by atoms with Crippen LogP contribution in [0.1, 0.15) is 5.56 Å². The van der Waals surface area contributed by atoms with Gasteiger partial charge in [0.2, 0.25) is 0 Å². The Morgan fingerprint density at radius 2 is 2.33 bits per heavy atom. The van der Waals surface area contributed by atoms with E-state index in [1.54, 1.807) is 17.8 Å². The molecule has 1 unspecified atom stereocenters. The van der Waals surface area contributed by atoms with Gasteiger partial charge in [0.25, 0.3) is 0 Å². The number of rotatable bonds is 2. The van der Waals surface area contributed by atoms with E-state index in [1.807, 2.05) is 0 Å². The lowest BCUT2D eigenvalue weighted by atomic mass is 9.98. The molecule has 15 heavy (non-hydrogen) atoms. The standard InChI is InChI=1S/C11H10BrFOS/c12-10-2-1-9(13)4-7(10)3-8-5-15-6-11(8)14/h1-2,4,8H,3,5-6H2. The lowest BCUT2D eigenvalue weighted by Crippen LogP contribution is -2.14. The highest BCUT2D eigenvalue weighted by molar-refractivity contribution is 9.10. The highest BCUT2D eigenvalue weighted by Crippen LogP contribution is 2.27. The molecule has 1 aromatic carbocycles. The third-order valence-electron chi connectivity index (χ3n) is 2.49. The van der Waals surface area contributed by atoms with E-state index in [0.717, 1.165) is 15.8 Å². The van der Waals surface area contributed by atoms with Gasteiger partial charge in [0.15, 0.2) is 0 Å². The smallest absolute Gasteiger partial charge is 0.146 e. The fourth-order valence-corrected chi connectivity index (χ4v) is 3.20. The van der Waals surface area contributed by atoms with E-state index in [4.69, 9.17) is 0 Å². The van der Waals surface area contributed by atoms with Gasteiger partial charge in [0.1, 0.15) is 11.6 Å². The number of hydrogen-bond acceptors (Lipinski definition) is 2. The number of hydrogen-bond donors (Lipinski definition) is 0. The fourth-order valence-electron chi connectivity index (χ4n) is 1.65. The molecule has 0 bridgehead atoms. The van der Waals surface area contributed by atoms with Crippen LogP contribution in [0.25, 0.3) is 0 Å². The number of carbonyl (C=O) groups is 1. The quantitative estimate of drug-likeness (QED) is 0.832. The van der Waals surface area contributed by atoms with E-state index in [9.17, 15) is 9.18 Å². The molecule has 1 aromatic rings. The predicted molar refractivity (Wildman–Crippen MR) is 63.6 cm³/mol. The first-order chi connectivity index (χ1) is 7.16. The highest BCUT2D eigenvalue weighted by atomic mass is 79.9. The molecular weight excluding hydrogens is 279 g/mol. The van der Waals surface area contributed by atoms with Gasteiger partial charge in [-0.05, 0) is 30.2 Å². The normalized spacial score (nSPS) is 20.9. The molecule has 0 aromatic heterocycles. The average Bonchev–Trinajstić information content (AvgIpc) is 2.58. The number of ketones is 1. The van der Waals surface area contributed by atoms with Crippen LogP contribution in [0.15, 0.2) is 22.7 Å². The van der Waals surface area contributed by atoms with Gasteiger partial charge in [-0.15, -0.1) is 0 Å². The third-order valence-corrected chi connectivity index (χ3v) is 4.39. The van der Waals surface area contributed by atoms with Crippen molar-refractivity contribution in [2.75, 3.05) is 11.5 Å². The van der Waals surface area contributed by atoms with Crippen molar-refractivity contribution in [3.63, 3.8) is 0 Å². The van der Waals surface area contributed by atoms with Crippen molar-refractivity contribution in [1.82, 2.24) is 0 Å². The molecule has 1 nitrogen and oxygen atoms in total. The topological polar surface area (TPSA) is 17.1 Å². The van der Waals surface area contributed by atoms with Gasteiger partial charge in [0, 0.05) is 16.1 Å². The second-order valence-corrected chi connectivity index (χ2v) is 5.50. The van der Waals surface area contributed by atoms with E-state index in [1.165, 1.54) is 12.1 Å². The SMILES string of the molecule is O=C1CSCC1Cc1cc(F)ccc1Br. The largest absolute Gasteiger partial charge is 0.298 e. The van der Waals surface area contributed by atoms with Crippen molar-refractivity contribution in [3.05, 3.63) is 34.1 Å². The van der Waals surface area contributed by atoms with E-state index >= 15 is 0 Å². The molecule has 80 valence electrons. The van der Waals surface area contributed by atoms with Gasteiger partial charge >= 0.3 is 0 Å². The molecule has 0 amide bonds. The molecule has 2 rings (SSSR count). The van der Waals surface area contributed by atoms with Crippen molar-refractivity contribution in [3.8, 4) is 0 Å². The second kappa shape index (κ2) is 4.66. The van der Waals surface area contributed by atoms with Crippen LogP contribution in [-0.4, -0.2) is 17.3 Å². The Balaban J connectivity index is 2.16. The van der Waals surface area contributed by atoms with Gasteiger partial charge in [-0.25, -0.2) is 4.39 Å². The Hall–Kier alpha value is -0.350. The van der Waals surface area contributed by atoms with Crippen LogP contribution < -0.4 is 0 Å². The summed E-state index contributed by atoms with van der Waals surface area (Å²) in [5.74, 6) is 1.58. The average molecular weight is 289 g/mol. The molecule has 0 saturated carbocycles. The maximum Gasteiger partial charge on any atom is 0.146 e. The molecule has 1 saturated heterocycles. The minimum atomic E-state index is -0.244. The van der Waals surface area contributed by atoms with E-state index in [0.29, 0.717) is 12.2 Å². The zero-order valence-corrected chi connectivity index (χ0v) is 10.4. The second-order valence-electron chi connectivity index (χ2n) is 3.62. The fraction of sp³-hybridized carbons (Fsp3) is 0.364. The summed E-state index contributed by atoms with van der Waals surface area (Å²) in [4.78, 5) is 11.4. The first-order valence-corrected chi connectivity index (χ1v) is 6.66. The molecular formula is C11H10BrFOS. The van der Waals surface area contributed by atoms with Crippen LogP contribution in [0.2, 0.25) is 0 Å². The minimum absolute atomic E-state index is 0.0631. The molecule has 0 radical (unpaired) electrons. The van der Waals surface area contributed by atoms with Crippen molar-refractivity contribution < 1.29 is 9.18 Å². The monoisotopic (exact) mass is 288 g/mol. The van der Waals surface area contributed by atoms with Crippen LogP contribution in [0.3, 0.4) is 0 Å². The number of thioether (sulfide) groups is 1. The number of carbonyl (C=O) groups excluding carboxylic acids is 1. The Morgan fingerprint density at radius 3 is 3.00 bits per heavy atom. The molecule has 1 atom stereocenters. The van der Waals surface area contributed by atoms with Gasteiger partial charge in [-0.1, -0.05) is 15.9 Å². The summed E-state index contributed by atoms with van der Waals surface area (Å²) in [7, 11) is 0. The summed E-state index contributed by atoms with van der Waals surface area (Å²) in [6, 6.07) is 4.61. The van der Waals surface area contributed by atoms with Crippen LogP contribution >= 0.6 is 27.7 Å². The minimum Gasteiger partial charge on any atom is -0.298 e. The Kier molecular flexibility index (Phi) is 3.46. The molecule has 4 heteroatoms. The van der Waals surface area contributed by atoms with Gasteiger partial charge in [-0.3, -0.25) is 4.79 Å². The van der Waals surface area contributed by atoms with E-state index in [-0.39, 0.29) is 17.5 Å². The van der Waals surface area contributed by atoms with Crippen LogP contribution in [0.5, 0.6) is 0 Å². The Morgan fingerprint density at radius 1 is 1.53 bits per heavy atom. The number of Topliss-reactive ketones (excluding diaryl/α,β-unsaturated/α-hetero) is 1. The molecule has 1 aliphatic rings. The molecule has 1 aliphatic heterocycles. The summed E-state index contributed by atoms with van der Waals surface area (Å²) in [6.45, 7) is 0. The summed E-state index contributed by atoms with van der Waals surface area (Å²) in [6.07, 6.45) is 0.643. The zero-order valence-electron chi connectivity index (χ0n) is 8.00. The molecule has 0 aliphatic carbocycles. The first-order valence-electron chi connectivity index (χ1n) is 4.71. The molecule has 0 N–H and O–H groups in total. The summed E-state index contributed by atoms with van der Waals surface area (Å²) in [5, 5.41) is 0. The third kappa shape index (κ3) is 2.61. The Bertz CT molecular complexity index is 394. The van der Waals surface area contributed by atoms with Gasteiger partial charge < -0.3 is 0 Å². The molecule has 0 spiro atoms. The van der Waals surface area contributed by atoms with Crippen LogP contribution in [0.4, 0.5) is 4.39 Å². The van der Waals surface area contributed by atoms with E-state index in [2.05, 4.69) is 15.9 Å². The maximum absolute atomic E-state index is 13.0. The van der Waals surface area contributed by atoms with Gasteiger partial charge in [0.05, 0.1) is 5.75 Å². The Labute approximate surface area is 101 Å². The first kappa shape index (κ1) is 11.1. The summed E-state index contributed by atoms with van der Waals surface area (Å²) >= 11 is 5.03.